The highest BCUT2D eigenvalue weighted by molar-refractivity contribution is 5.98. The second-order valence-electron chi connectivity index (χ2n) is 5.83. The van der Waals surface area contributed by atoms with Crippen molar-refractivity contribution in [2.75, 3.05) is 7.11 Å². The van der Waals surface area contributed by atoms with Crippen molar-refractivity contribution in [3.05, 3.63) is 65.5 Å². The molecule has 8 heteroatoms. The topological polar surface area (TPSA) is 91.5 Å². The summed E-state index contributed by atoms with van der Waals surface area (Å²) in [7, 11) is 1.38. The van der Waals surface area contributed by atoms with E-state index in [2.05, 4.69) is 21.7 Å². The molecule has 1 aliphatic rings. The largest absolute Gasteiger partial charge is 0.496 e. The Morgan fingerprint density at radius 3 is 2.62 bits per heavy atom. The predicted octanol–water partition coefficient (Wildman–Crippen LogP) is 1.20. The zero-order valence-corrected chi connectivity index (χ0v) is 14.1. The van der Waals surface area contributed by atoms with Crippen LogP contribution in [0.2, 0.25) is 0 Å². The summed E-state index contributed by atoms with van der Waals surface area (Å²) in [4.78, 5) is 24.4. The van der Waals surface area contributed by atoms with Gasteiger partial charge >= 0.3 is 0 Å². The monoisotopic (exact) mass is 358 g/mol. The van der Waals surface area contributed by atoms with E-state index >= 15 is 0 Å². The van der Waals surface area contributed by atoms with Crippen LogP contribution in [-0.2, 0) is 4.79 Å². The molecule has 0 aromatic heterocycles. The van der Waals surface area contributed by atoms with Gasteiger partial charge < -0.3 is 4.74 Å². The SMILES string of the molecule is COc1ccc(F)cc1C(=O)NNC(=O)C1CC(c2ccccc2)NN1. The Labute approximate surface area is 149 Å². The zero-order chi connectivity index (χ0) is 18.5. The molecule has 26 heavy (non-hydrogen) atoms. The summed E-state index contributed by atoms with van der Waals surface area (Å²) in [6.45, 7) is 0. The third kappa shape index (κ3) is 3.98. The number of benzene rings is 2. The number of nitrogens with one attached hydrogen (secondary N) is 4. The molecule has 136 valence electrons. The smallest absolute Gasteiger partial charge is 0.273 e. The number of rotatable bonds is 4. The van der Waals surface area contributed by atoms with Gasteiger partial charge in [0.15, 0.2) is 0 Å². The van der Waals surface area contributed by atoms with Crippen LogP contribution < -0.4 is 26.4 Å². The molecule has 0 bridgehead atoms. The molecule has 2 amide bonds. The second-order valence-corrected chi connectivity index (χ2v) is 5.83. The number of ether oxygens (including phenoxy) is 1. The molecule has 4 N–H and O–H groups in total. The first kappa shape index (κ1) is 17.8. The Bertz CT molecular complexity index is 800. The fraction of sp³-hybridized carbons (Fsp3) is 0.222. The summed E-state index contributed by atoms with van der Waals surface area (Å²) in [5, 5.41) is 0. The van der Waals surface area contributed by atoms with Crippen LogP contribution in [0.4, 0.5) is 4.39 Å². The molecule has 3 rings (SSSR count). The van der Waals surface area contributed by atoms with Crippen molar-refractivity contribution in [1.82, 2.24) is 21.7 Å². The third-order valence-corrected chi connectivity index (χ3v) is 4.13. The van der Waals surface area contributed by atoms with Crippen LogP contribution >= 0.6 is 0 Å². The van der Waals surface area contributed by atoms with Crippen LogP contribution in [0.1, 0.15) is 28.4 Å². The molecule has 2 aromatic carbocycles. The van der Waals surface area contributed by atoms with Gasteiger partial charge in [0.1, 0.15) is 17.6 Å². The van der Waals surface area contributed by atoms with Crippen molar-refractivity contribution < 1.29 is 18.7 Å². The van der Waals surface area contributed by atoms with Crippen molar-refractivity contribution in [3.63, 3.8) is 0 Å². The van der Waals surface area contributed by atoms with E-state index in [4.69, 9.17) is 4.74 Å². The highest BCUT2D eigenvalue weighted by atomic mass is 19.1. The summed E-state index contributed by atoms with van der Waals surface area (Å²) >= 11 is 0. The van der Waals surface area contributed by atoms with E-state index in [9.17, 15) is 14.0 Å². The van der Waals surface area contributed by atoms with Gasteiger partial charge in [-0.25, -0.2) is 15.2 Å². The van der Waals surface area contributed by atoms with E-state index in [1.54, 1.807) is 0 Å². The number of halogens is 1. The summed E-state index contributed by atoms with van der Waals surface area (Å²) < 4.78 is 18.4. The maximum atomic E-state index is 13.4. The predicted molar refractivity (Wildman–Crippen MR) is 92.4 cm³/mol. The molecule has 7 nitrogen and oxygen atoms in total. The van der Waals surface area contributed by atoms with Gasteiger partial charge in [0.05, 0.1) is 12.7 Å². The van der Waals surface area contributed by atoms with Crippen LogP contribution in [0.3, 0.4) is 0 Å². The fourth-order valence-electron chi connectivity index (χ4n) is 2.76. The molecule has 2 aromatic rings. The second kappa shape index (κ2) is 7.94. The molecular formula is C18H19FN4O3. The van der Waals surface area contributed by atoms with E-state index in [-0.39, 0.29) is 17.4 Å². The minimum absolute atomic E-state index is 0.00697. The number of hydrogen-bond donors (Lipinski definition) is 4. The lowest BCUT2D eigenvalue weighted by Crippen LogP contribution is -2.50. The number of hydrazine groups is 2. The molecule has 2 atom stereocenters. The zero-order valence-electron chi connectivity index (χ0n) is 14.1. The van der Waals surface area contributed by atoms with Gasteiger partial charge in [0.25, 0.3) is 11.8 Å². The van der Waals surface area contributed by atoms with Gasteiger partial charge in [-0.3, -0.25) is 20.4 Å². The number of amides is 2. The first-order valence-corrected chi connectivity index (χ1v) is 8.08. The summed E-state index contributed by atoms with van der Waals surface area (Å²) in [6, 6.07) is 12.8. The van der Waals surface area contributed by atoms with Crippen LogP contribution in [0.5, 0.6) is 5.75 Å². The molecule has 1 heterocycles. The molecule has 0 radical (unpaired) electrons. The first-order valence-electron chi connectivity index (χ1n) is 8.08. The van der Waals surface area contributed by atoms with Crippen LogP contribution in [0, 0.1) is 5.82 Å². The Balaban J connectivity index is 1.56. The lowest BCUT2D eigenvalue weighted by molar-refractivity contribution is -0.123. The summed E-state index contributed by atoms with van der Waals surface area (Å²) in [5.41, 5.74) is 11.6. The summed E-state index contributed by atoms with van der Waals surface area (Å²) in [5.74, 6) is -1.43. The first-order chi connectivity index (χ1) is 12.6. The van der Waals surface area contributed by atoms with Crippen LogP contribution in [0.25, 0.3) is 0 Å². The molecule has 1 fully saturated rings. The third-order valence-electron chi connectivity index (χ3n) is 4.13. The Morgan fingerprint density at radius 1 is 1.12 bits per heavy atom. The minimum Gasteiger partial charge on any atom is -0.496 e. The number of carbonyl (C=O) groups is 2. The summed E-state index contributed by atoms with van der Waals surface area (Å²) in [6.07, 6.45) is 0.523. The molecular weight excluding hydrogens is 339 g/mol. The van der Waals surface area contributed by atoms with Crippen LogP contribution in [-0.4, -0.2) is 25.0 Å². The average Bonchev–Trinajstić information content (AvgIpc) is 3.17. The molecule has 1 saturated heterocycles. The number of methoxy groups -OCH3 is 1. The van der Waals surface area contributed by atoms with Crippen molar-refractivity contribution in [3.8, 4) is 5.75 Å². The lowest BCUT2D eigenvalue weighted by atomic mass is 10.0. The lowest BCUT2D eigenvalue weighted by Gasteiger charge is -2.13. The van der Waals surface area contributed by atoms with E-state index in [1.807, 2.05) is 30.3 Å². The van der Waals surface area contributed by atoms with Gasteiger partial charge in [-0.05, 0) is 30.2 Å². The Kier molecular flexibility index (Phi) is 5.45. The standard InChI is InChI=1S/C18H19FN4O3/c1-26-16-8-7-12(19)9-13(16)17(24)22-23-18(25)15-10-14(20-21-15)11-5-3-2-4-6-11/h2-9,14-15,20-21H,10H2,1H3,(H,22,24)(H,23,25). The molecule has 0 spiro atoms. The highest BCUT2D eigenvalue weighted by Crippen LogP contribution is 2.22. The van der Waals surface area contributed by atoms with Crippen LogP contribution in [0.15, 0.2) is 48.5 Å². The van der Waals surface area contributed by atoms with Crippen molar-refractivity contribution >= 4 is 11.8 Å². The Hall–Kier alpha value is -2.97. The van der Waals surface area contributed by atoms with Crippen molar-refractivity contribution in [1.29, 1.82) is 0 Å². The maximum Gasteiger partial charge on any atom is 0.273 e. The molecule has 1 aliphatic heterocycles. The molecule has 0 saturated carbocycles. The van der Waals surface area contributed by atoms with E-state index < -0.39 is 23.7 Å². The van der Waals surface area contributed by atoms with Gasteiger partial charge in [-0.15, -0.1) is 0 Å². The van der Waals surface area contributed by atoms with E-state index in [0.29, 0.717) is 6.42 Å². The molecule has 0 aliphatic carbocycles. The maximum absolute atomic E-state index is 13.4. The van der Waals surface area contributed by atoms with Crippen molar-refractivity contribution in [2.45, 2.75) is 18.5 Å². The number of hydrogen-bond acceptors (Lipinski definition) is 5. The highest BCUT2D eigenvalue weighted by Gasteiger charge is 2.30. The minimum atomic E-state index is -0.666. The molecule has 2 unspecified atom stereocenters. The fourth-order valence-corrected chi connectivity index (χ4v) is 2.76. The van der Waals surface area contributed by atoms with Gasteiger partial charge in [-0.2, -0.15) is 0 Å². The van der Waals surface area contributed by atoms with E-state index in [0.717, 1.165) is 11.6 Å². The Morgan fingerprint density at radius 2 is 1.88 bits per heavy atom. The van der Waals surface area contributed by atoms with Gasteiger partial charge in [0, 0.05) is 6.04 Å². The van der Waals surface area contributed by atoms with E-state index in [1.165, 1.54) is 19.2 Å². The number of carbonyl (C=O) groups excluding carboxylic acids is 2. The van der Waals surface area contributed by atoms with Gasteiger partial charge in [0.2, 0.25) is 0 Å². The van der Waals surface area contributed by atoms with Crippen molar-refractivity contribution in [2.24, 2.45) is 0 Å². The normalized spacial score (nSPS) is 19.0. The quantitative estimate of drug-likeness (QED) is 0.617. The van der Waals surface area contributed by atoms with Gasteiger partial charge in [-0.1, -0.05) is 30.3 Å². The average molecular weight is 358 g/mol.